The van der Waals surface area contributed by atoms with Crippen molar-refractivity contribution in [3.8, 4) is 6.07 Å². The zero-order chi connectivity index (χ0) is 13.1. The van der Waals surface area contributed by atoms with Crippen LogP contribution in [0.25, 0.3) is 0 Å². The fourth-order valence-corrected chi connectivity index (χ4v) is 1.88. The Morgan fingerprint density at radius 1 is 1.47 bits per heavy atom. The van der Waals surface area contributed by atoms with E-state index < -0.39 is 18.0 Å². The first-order valence-corrected chi connectivity index (χ1v) is 5.32. The van der Waals surface area contributed by atoms with Gasteiger partial charge in [-0.3, -0.25) is 4.79 Å². The van der Waals surface area contributed by atoms with Gasteiger partial charge in [0.15, 0.2) is 5.92 Å². The molecule has 0 spiro atoms. The molecule has 1 aliphatic heterocycles. The van der Waals surface area contributed by atoms with Gasteiger partial charge in [0.25, 0.3) is 0 Å². The van der Waals surface area contributed by atoms with Crippen LogP contribution >= 0.6 is 0 Å². The van der Waals surface area contributed by atoms with Gasteiger partial charge in [-0.05, 0) is 25.9 Å². The topological polar surface area (TPSA) is 70.1 Å². The number of hydrogen-bond donors (Lipinski definition) is 1. The molecule has 1 atom stereocenters. The summed E-state index contributed by atoms with van der Waals surface area (Å²) in [5.41, 5.74) is 5.12. The number of nitrogens with zero attached hydrogens (tertiary/aromatic N) is 2. The van der Waals surface area contributed by atoms with Crippen LogP contribution in [-0.2, 0) is 4.79 Å². The lowest BCUT2D eigenvalue weighted by molar-refractivity contribution is -0.164. The monoisotopic (exact) mass is 249 g/mol. The highest BCUT2D eigenvalue weighted by Crippen LogP contribution is 2.27. The van der Waals surface area contributed by atoms with Crippen LogP contribution in [0.4, 0.5) is 13.2 Å². The van der Waals surface area contributed by atoms with Gasteiger partial charge in [0, 0.05) is 12.5 Å². The highest BCUT2D eigenvalue weighted by atomic mass is 19.4. The van der Waals surface area contributed by atoms with E-state index in [1.165, 1.54) is 6.07 Å². The molecule has 17 heavy (non-hydrogen) atoms. The Morgan fingerprint density at radius 3 is 2.35 bits per heavy atom. The number of carbonyl (C=O) groups excluding carboxylic acids is 1. The number of hydrogen-bond acceptors (Lipinski definition) is 3. The van der Waals surface area contributed by atoms with E-state index in [1.807, 2.05) is 0 Å². The number of primary amides is 1. The first-order chi connectivity index (χ1) is 7.84. The number of rotatable bonds is 3. The number of carbonyl (C=O) groups is 1. The Morgan fingerprint density at radius 2 is 2.00 bits per heavy atom. The average Bonchev–Trinajstić information content (AvgIpc) is 2.24. The van der Waals surface area contributed by atoms with Gasteiger partial charge in [-0.2, -0.15) is 18.4 Å². The first-order valence-electron chi connectivity index (χ1n) is 5.32. The summed E-state index contributed by atoms with van der Waals surface area (Å²) in [4.78, 5) is 12.4. The summed E-state index contributed by atoms with van der Waals surface area (Å²) < 4.78 is 37.1. The molecule has 1 unspecified atom stereocenters. The molecule has 0 radical (unpaired) electrons. The summed E-state index contributed by atoms with van der Waals surface area (Å²) in [6, 6.07) is 1.26. The van der Waals surface area contributed by atoms with E-state index in [1.54, 1.807) is 4.90 Å². The van der Waals surface area contributed by atoms with Gasteiger partial charge in [-0.25, -0.2) is 0 Å². The number of amides is 1. The van der Waals surface area contributed by atoms with Gasteiger partial charge in [0.1, 0.15) is 0 Å². The molecule has 2 N–H and O–H groups in total. The molecule has 0 bridgehead atoms. The predicted molar refractivity (Wildman–Crippen MR) is 53.5 cm³/mol. The second-order valence-electron chi connectivity index (χ2n) is 4.20. The molecule has 0 saturated carbocycles. The third-order valence-electron chi connectivity index (χ3n) is 2.98. The highest BCUT2D eigenvalue weighted by Gasteiger charge is 2.41. The zero-order valence-corrected chi connectivity index (χ0v) is 9.20. The van der Waals surface area contributed by atoms with E-state index in [-0.39, 0.29) is 12.5 Å². The molecule has 1 aliphatic rings. The van der Waals surface area contributed by atoms with Crippen molar-refractivity contribution in [1.82, 2.24) is 4.90 Å². The maximum absolute atomic E-state index is 12.4. The van der Waals surface area contributed by atoms with Crippen LogP contribution in [0.5, 0.6) is 0 Å². The van der Waals surface area contributed by atoms with Crippen molar-refractivity contribution in [2.75, 3.05) is 19.6 Å². The Kier molecular flexibility index (Phi) is 4.34. The summed E-state index contributed by atoms with van der Waals surface area (Å²) in [6.45, 7) is 0.426. The smallest absolute Gasteiger partial charge is 0.369 e. The maximum atomic E-state index is 12.4. The van der Waals surface area contributed by atoms with Crippen LogP contribution in [0.15, 0.2) is 0 Å². The average molecular weight is 249 g/mol. The molecule has 1 amide bonds. The molecule has 0 aromatic heterocycles. The largest absolute Gasteiger partial charge is 0.405 e. The Labute approximate surface area is 97.2 Å². The molecule has 4 nitrogen and oxygen atoms in total. The summed E-state index contributed by atoms with van der Waals surface area (Å²) in [6.07, 6.45) is -3.56. The molecule has 96 valence electrons. The Hall–Kier alpha value is -1.29. The van der Waals surface area contributed by atoms with Gasteiger partial charge in [0.05, 0.1) is 6.07 Å². The van der Waals surface area contributed by atoms with Gasteiger partial charge in [-0.15, -0.1) is 0 Å². The van der Waals surface area contributed by atoms with Crippen molar-refractivity contribution in [1.29, 1.82) is 5.26 Å². The number of likely N-dealkylation sites (tertiary alicyclic amines) is 1. The van der Waals surface area contributed by atoms with Crippen LogP contribution in [0, 0.1) is 23.2 Å². The van der Waals surface area contributed by atoms with Gasteiger partial charge < -0.3 is 10.6 Å². The molecule has 1 saturated heterocycles. The second-order valence-corrected chi connectivity index (χ2v) is 4.20. The summed E-state index contributed by atoms with van der Waals surface area (Å²) >= 11 is 0. The van der Waals surface area contributed by atoms with Crippen LogP contribution in [0.1, 0.15) is 12.8 Å². The minimum Gasteiger partial charge on any atom is -0.369 e. The first kappa shape index (κ1) is 13.8. The second kappa shape index (κ2) is 5.36. The molecule has 1 fully saturated rings. The lowest BCUT2D eigenvalue weighted by Crippen LogP contribution is -2.43. The summed E-state index contributed by atoms with van der Waals surface area (Å²) in [7, 11) is 0. The summed E-state index contributed by atoms with van der Waals surface area (Å²) in [5, 5.41) is 8.46. The molecule has 1 heterocycles. The van der Waals surface area contributed by atoms with E-state index in [0.29, 0.717) is 25.9 Å². The molecular formula is C10H14F3N3O. The molecule has 0 aromatic carbocycles. The van der Waals surface area contributed by atoms with Gasteiger partial charge in [-0.1, -0.05) is 0 Å². The number of halogens is 3. The number of alkyl halides is 3. The fraction of sp³-hybridized carbons (Fsp3) is 0.800. The molecule has 0 aliphatic carbocycles. The lowest BCUT2D eigenvalue weighted by atomic mass is 9.95. The third kappa shape index (κ3) is 3.89. The maximum Gasteiger partial charge on any atom is 0.405 e. The van der Waals surface area contributed by atoms with E-state index in [9.17, 15) is 18.0 Å². The van der Waals surface area contributed by atoms with Crippen molar-refractivity contribution >= 4 is 5.91 Å². The van der Waals surface area contributed by atoms with E-state index >= 15 is 0 Å². The van der Waals surface area contributed by atoms with E-state index in [0.717, 1.165) is 0 Å². The van der Waals surface area contributed by atoms with E-state index in [4.69, 9.17) is 11.0 Å². The SMILES string of the molecule is N#CC(CN1CCC(C(N)=O)CC1)C(F)(F)F. The van der Waals surface area contributed by atoms with Crippen molar-refractivity contribution in [3.05, 3.63) is 0 Å². The highest BCUT2D eigenvalue weighted by molar-refractivity contribution is 5.76. The lowest BCUT2D eigenvalue weighted by Gasteiger charge is -2.31. The Balaban J connectivity index is 2.45. The zero-order valence-electron chi connectivity index (χ0n) is 9.20. The van der Waals surface area contributed by atoms with Crippen LogP contribution < -0.4 is 5.73 Å². The number of piperidine rings is 1. The van der Waals surface area contributed by atoms with Gasteiger partial charge in [0.2, 0.25) is 5.91 Å². The van der Waals surface area contributed by atoms with Crippen LogP contribution in [-0.4, -0.2) is 36.6 Å². The summed E-state index contributed by atoms with van der Waals surface area (Å²) in [5.74, 6) is -2.62. The normalized spacial score (nSPS) is 20.8. The van der Waals surface area contributed by atoms with Gasteiger partial charge >= 0.3 is 6.18 Å². The molecule has 7 heteroatoms. The molecule has 1 rings (SSSR count). The van der Waals surface area contributed by atoms with Crippen molar-refractivity contribution < 1.29 is 18.0 Å². The molecule has 0 aromatic rings. The Bertz CT molecular complexity index is 316. The number of nitrogens with two attached hydrogens (primary N) is 1. The predicted octanol–water partition coefficient (Wildman–Crippen LogP) is 0.886. The quantitative estimate of drug-likeness (QED) is 0.807. The third-order valence-corrected chi connectivity index (χ3v) is 2.98. The fourth-order valence-electron chi connectivity index (χ4n) is 1.88. The van der Waals surface area contributed by atoms with Crippen molar-refractivity contribution in [2.24, 2.45) is 17.6 Å². The molecular weight excluding hydrogens is 235 g/mol. The number of nitriles is 1. The van der Waals surface area contributed by atoms with Crippen molar-refractivity contribution in [2.45, 2.75) is 19.0 Å². The minimum absolute atomic E-state index is 0.252. The van der Waals surface area contributed by atoms with Crippen molar-refractivity contribution in [3.63, 3.8) is 0 Å². The van der Waals surface area contributed by atoms with E-state index in [2.05, 4.69) is 0 Å². The van der Waals surface area contributed by atoms with Crippen LogP contribution in [0.3, 0.4) is 0 Å². The minimum atomic E-state index is -4.49. The standard InChI is InChI=1S/C10H14F3N3O/c11-10(12,13)8(5-14)6-16-3-1-7(2-4-16)9(15)17/h7-8H,1-4,6H2,(H2,15,17). The van der Waals surface area contributed by atoms with Crippen LogP contribution in [0.2, 0.25) is 0 Å².